The normalized spacial score (nSPS) is 17.0. The summed E-state index contributed by atoms with van der Waals surface area (Å²) in [7, 11) is 0. The fourth-order valence-corrected chi connectivity index (χ4v) is 2.99. The number of likely N-dealkylation sites (tertiary alicyclic amines) is 1. The number of carboxylic acids is 1. The molecule has 1 aromatic carbocycles. The zero-order valence-corrected chi connectivity index (χ0v) is 14.7. The first-order chi connectivity index (χ1) is 12.0. The smallest absolute Gasteiger partial charge is 0.321 e. The van der Waals surface area contributed by atoms with Gasteiger partial charge in [-0.15, -0.1) is 0 Å². The van der Waals surface area contributed by atoms with Gasteiger partial charge >= 0.3 is 12.0 Å². The van der Waals surface area contributed by atoms with Gasteiger partial charge in [0, 0.05) is 37.4 Å². The SMILES string of the molecule is CCN(CC)C(=O)c1cccc(NC(=O)N2CCCC(C(=O)O)C2)c1. The zero-order chi connectivity index (χ0) is 18.4. The first-order valence-electron chi connectivity index (χ1n) is 8.64. The van der Waals surface area contributed by atoms with Gasteiger partial charge in [-0.2, -0.15) is 0 Å². The van der Waals surface area contributed by atoms with Crippen molar-refractivity contribution in [2.45, 2.75) is 26.7 Å². The first kappa shape index (κ1) is 18.8. The molecule has 1 aromatic rings. The zero-order valence-electron chi connectivity index (χ0n) is 14.7. The minimum atomic E-state index is -0.871. The summed E-state index contributed by atoms with van der Waals surface area (Å²) in [6.45, 7) is 5.82. The van der Waals surface area contributed by atoms with Crippen LogP contribution in [-0.2, 0) is 4.79 Å². The summed E-state index contributed by atoms with van der Waals surface area (Å²) in [6, 6.07) is 6.48. The standard InChI is InChI=1S/C18H25N3O4/c1-3-20(4-2)16(22)13-7-5-9-15(11-13)19-18(25)21-10-6-8-14(12-21)17(23)24/h5,7,9,11,14H,3-4,6,8,10,12H2,1-2H3,(H,19,25)(H,23,24). The molecule has 0 bridgehead atoms. The highest BCUT2D eigenvalue weighted by Gasteiger charge is 2.28. The molecule has 2 N–H and O–H groups in total. The Hall–Kier alpha value is -2.57. The van der Waals surface area contributed by atoms with Gasteiger partial charge < -0.3 is 20.2 Å². The molecular formula is C18H25N3O4. The van der Waals surface area contributed by atoms with Crippen molar-refractivity contribution < 1.29 is 19.5 Å². The van der Waals surface area contributed by atoms with Crippen molar-refractivity contribution in [3.8, 4) is 0 Å². The first-order valence-corrected chi connectivity index (χ1v) is 8.64. The molecule has 2 rings (SSSR count). The lowest BCUT2D eigenvalue weighted by Gasteiger charge is -2.30. The molecule has 25 heavy (non-hydrogen) atoms. The highest BCUT2D eigenvalue weighted by molar-refractivity contribution is 5.97. The number of anilines is 1. The van der Waals surface area contributed by atoms with Gasteiger partial charge in [-0.3, -0.25) is 9.59 Å². The summed E-state index contributed by atoms with van der Waals surface area (Å²) >= 11 is 0. The lowest BCUT2D eigenvalue weighted by Crippen LogP contribution is -2.44. The molecule has 1 saturated heterocycles. The molecule has 0 aliphatic carbocycles. The highest BCUT2D eigenvalue weighted by Crippen LogP contribution is 2.19. The Balaban J connectivity index is 2.05. The summed E-state index contributed by atoms with van der Waals surface area (Å²) in [6.07, 6.45) is 1.26. The van der Waals surface area contributed by atoms with Crippen molar-refractivity contribution in [2.24, 2.45) is 5.92 Å². The van der Waals surface area contributed by atoms with Crippen LogP contribution in [0.15, 0.2) is 24.3 Å². The molecule has 1 fully saturated rings. The number of aliphatic carboxylic acids is 1. The Morgan fingerprint density at radius 3 is 2.64 bits per heavy atom. The number of rotatable bonds is 5. The quantitative estimate of drug-likeness (QED) is 0.856. The number of nitrogens with zero attached hydrogens (tertiary/aromatic N) is 2. The lowest BCUT2D eigenvalue weighted by atomic mass is 9.99. The van der Waals surface area contributed by atoms with Gasteiger partial charge in [0.1, 0.15) is 0 Å². The molecule has 0 radical (unpaired) electrons. The second kappa shape index (κ2) is 8.50. The van der Waals surface area contributed by atoms with E-state index in [1.807, 2.05) is 13.8 Å². The highest BCUT2D eigenvalue weighted by atomic mass is 16.4. The second-order valence-corrected chi connectivity index (χ2v) is 6.11. The van der Waals surface area contributed by atoms with Crippen molar-refractivity contribution in [3.63, 3.8) is 0 Å². The number of benzene rings is 1. The number of hydrogen-bond acceptors (Lipinski definition) is 3. The fraction of sp³-hybridized carbons (Fsp3) is 0.500. The number of piperidine rings is 1. The number of amides is 3. The van der Waals surface area contributed by atoms with Crippen molar-refractivity contribution in [2.75, 3.05) is 31.5 Å². The molecule has 136 valence electrons. The lowest BCUT2D eigenvalue weighted by molar-refractivity contribution is -0.143. The largest absolute Gasteiger partial charge is 0.481 e. The Morgan fingerprint density at radius 2 is 2.00 bits per heavy atom. The topological polar surface area (TPSA) is 90.0 Å². The third kappa shape index (κ3) is 4.71. The van der Waals surface area contributed by atoms with Crippen LogP contribution in [-0.4, -0.2) is 59.0 Å². The van der Waals surface area contributed by atoms with E-state index in [1.54, 1.807) is 29.2 Å². The molecule has 0 spiro atoms. The van der Waals surface area contributed by atoms with Crippen molar-refractivity contribution in [1.82, 2.24) is 9.80 Å². The van der Waals surface area contributed by atoms with Crippen LogP contribution in [0.4, 0.5) is 10.5 Å². The van der Waals surface area contributed by atoms with E-state index in [9.17, 15) is 14.4 Å². The predicted octanol–water partition coefficient (Wildman–Crippen LogP) is 2.50. The van der Waals surface area contributed by atoms with Gasteiger partial charge in [-0.25, -0.2) is 4.79 Å². The minimum Gasteiger partial charge on any atom is -0.481 e. The van der Waals surface area contributed by atoms with Crippen LogP contribution in [0.3, 0.4) is 0 Å². The Bertz CT molecular complexity index is 643. The molecule has 1 atom stereocenters. The predicted molar refractivity (Wildman–Crippen MR) is 94.6 cm³/mol. The number of carbonyl (C=O) groups is 3. The number of carboxylic acid groups (broad SMARTS) is 1. The van der Waals surface area contributed by atoms with Gasteiger partial charge in [0.15, 0.2) is 0 Å². The summed E-state index contributed by atoms with van der Waals surface area (Å²) in [5, 5.41) is 11.9. The van der Waals surface area contributed by atoms with E-state index < -0.39 is 11.9 Å². The summed E-state index contributed by atoms with van der Waals surface area (Å²) < 4.78 is 0. The molecule has 1 aliphatic heterocycles. The van der Waals surface area contributed by atoms with Crippen LogP contribution in [0.2, 0.25) is 0 Å². The third-order valence-corrected chi connectivity index (χ3v) is 4.47. The van der Waals surface area contributed by atoms with Gasteiger partial charge in [-0.1, -0.05) is 6.07 Å². The van der Waals surface area contributed by atoms with Crippen molar-refractivity contribution in [1.29, 1.82) is 0 Å². The average molecular weight is 347 g/mol. The summed E-state index contributed by atoms with van der Waals surface area (Å²) in [5.41, 5.74) is 1.05. The minimum absolute atomic E-state index is 0.0787. The van der Waals surface area contributed by atoms with Crippen molar-refractivity contribution in [3.05, 3.63) is 29.8 Å². The van der Waals surface area contributed by atoms with Gasteiger partial charge in [0.2, 0.25) is 0 Å². The third-order valence-electron chi connectivity index (χ3n) is 4.47. The van der Waals surface area contributed by atoms with E-state index in [4.69, 9.17) is 5.11 Å². The van der Waals surface area contributed by atoms with Gasteiger partial charge in [-0.05, 0) is 44.9 Å². The molecule has 7 heteroatoms. The number of carbonyl (C=O) groups excluding carboxylic acids is 2. The van der Waals surface area contributed by atoms with E-state index in [2.05, 4.69) is 5.32 Å². The van der Waals surface area contributed by atoms with Crippen LogP contribution in [0.1, 0.15) is 37.0 Å². The maximum Gasteiger partial charge on any atom is 0.321 e. The molecule has 3 amide bonds. The van der Waals surface area contributed by atoms with E-state index in [0.29, 0.717) is 43.7 Å². The molecule has 0 saturated carbocycles. The molecule has 7 nitrogen and oxygen atoms in total. The van der Waals surface area contributed by atoms with Crippen molar-refractivity contribution >= 4 is 23.6 Å². The van der Waals surface area contributed by atoms with Crippen LogP contribution < -0.4 is 5.32 Å². The van der Waals surface area contributed by atoms with Gasteiger partial charge in [0.05, 0.1) is 5.92 Å². The second-order valence-electron chi connectivity index (χ2n) is 6.11. The van der Waals surface area contributed by atoms with E-state index in [0.717, 1.165) is 0 Å². The maximum absolute atomic E-state index is 12.4. The van der Waals surface area contributed by atoms with E-state index in [1.165, 1.54) is 4.90 Å². The molecule has 1 heterocycles. The number of hydrogen-bond donors (Lipinski definition) is 2. The maximum atomic E-state index is 12.4. The summed E-state index contributed by atoms with van der Waals surface area (Å²) in [4.78, 5) is 39.1. The Morgan fingerprint density at radius 1 is 1.28 bits per heavy atom. The average Bonchev–Trinajstić information content (AvgIpc) is 2.63. The molecule has 1 unspecified atom stereocenters. The number of urea groups is 1. The fourth-order valence-electron chi connectivity index (χ4n) is 2.99. The molecular weight excluding hydrogens is 322 g/mol. The Labute approximate surface area is 147 Å². The Kier molecular flexibility index (Phi) is 6.38. The number of nitrogens with one attached hydrogen (secondary N) is 1. The molecule has 1 aliphatic rings. The van der Waals surface area contributed by atoms with Crippen LogP contribution in [0, 0.1) is 5.92 Å². The van der Waals surface area contributed by atoms with Crippen LogP contribution >= 0.6 is 0 Å². The summed E-state index contributed by atoms with van der Waals surface area (Å²) in [5.74, 6) is -1.47. The van der Waals surface area contributed by atoms with E-state index in [-0.39, 0.29) is 18.5 Å². The monoisotopic (exact) mass is 347 g/mol. The van der Waals surface area contributed by atoms with Gasteiger partial charge in [0.25, 0.3) is 5.91 Å². The van der Waals surface area contributed by atoms with Crippen LogP contribution in [0.25, 0.3) is 0 Å². The van der Waals surface area contributed by atoms with Crippen LogP contribution in [0.5, 0.6) is 0 Å². The van der Waals surface area contributed by atoms with E-state index >= 15 is 0 Å². The molecule has 0 aromatic heterocycles.